The van der Waals surface area contributed by atoms with Crippen molar-refractivity contribution in [3.8, 4) is 0 Å². The van der Waals surface area contributed by atoms with Gasteiger partial charge in [-0.25, -0.2) is 9.97 Å². The molecule has 5 heteroatoms. The van der Waals surface area contributed by atoms with Crippen molar-refractivity contribution < 1.29 is 0 Å². The zero-order chi connectivity index (χ0) is 17.7. The summed E-state index contributed by atoms with van der Waals surface area (Å²) in [7, 11) is 0. The molecule has 2 saturated carbocycles. The van der Waals surface area contributed by atoms with Crippen LogP contribution in [0.15, 0.2) is 5.03 Å². The van der Waals surface area contributed by atoms with E-state index in [1.165, 1.54) is 89.5 Å². The molecule has 0 aromatic carbocycles. The van der Waals surface area contributed by atoms with Gasteiger partial charge in [-0.1, -0.05) is 0 Å². The molecule has 3 nitrogen and oxygen atoms in total. The minimum absolute atomic E-state index is 0.780. The third-order valence-corrected chi connectivity index (χ3v) is 9.13. The maximum atomic E-state index is 5.07. The largest absolute Gasteiger partial charge is 0.296 e. The molecular weight excluding hydrogens is 358 g/mol. The molecule has 0 radical (unpaired) electrons. The molecule has 1 aliphatic heterocycles. The summed E-state index contributed by atoms with van der Waals surface area (Å²) in [5, 5.41) is 2.59. The van der Waals surface area contributed by atoms with Crippen molar-refractivity contribution in [1.29, 1.82) is 0 Å². The number of nitrogens with zero attached hydrogens (tertiary/aromatic N) is 3. The summed E-state index contributed by atoms with van der Waals surface area (Å²) in [6.45, 7) is 7.81. The van der Waals surface area contributed by atoms with Gasteiger partial charge in [0.25, 0.3) is 0 Å². The fourth-order valence-electron chi connectivity index (χ4n) is 4.87. The first-order valence-electron chi connectivity index (χ1n) is 10.2. The van der Waals surface area contributed by atoms with Crippen molar-refractivity contribution in [2.75, 3.05) is 18.8 Å². The number of aromatic nitrogens is 2. The summed E-state index contributed by atoms with van der Waals surface area (Å²) in [6, 6.07) is 0. The van der Waals surface area contributed by atoms with Crippen LogP contribution in [0.4, 0.5) is 0 Å². The molecule has 1 spiro atoms. The zero-order valence-corrected chi connectivity index (χ0v) is 17.6. The van der Waals surface area contributed by atoms with Crippen LogP contribution in [0.2, 0.25) is 0 Å². The second-order valence-electron chi connectivity index (χ2n) is 8.81. The Morgan fingerprint density at radius 2 is 1.96 bits per heavy atom. The maximum absolute atomic E-state index is 5.07. The van der Waals surface area contributed by atoms with Crippen LogP contribution in [0.3, 0.4) is 0 Å². The van der Waals surface area contributed by atoms with E-state index in [1.807, 2.05) is 23.1 Å². The van der Waals surface area contributed by atoms with Crippen molar-refractivity contribution in [3.05, 3.63) is 16.3 Å². The first-order valence-corrected chi connectivity index (χ1v) is 12.0. The zero-order valence-electron chi connectivity index (χ0n) is 16.0. The van der Waals surface area contributed by atoms with Crippen LogP contribution in [0.25, 0.3) is 10.2 Å². The van der Waals surface area contributed by atoms with Crippen molar-refractivity contribution in [2.45, 2.75) is 70.4 Å². The predicted molar refractivity (Wildman–Crippen MR) is 111 cm³/mol. The van der Waals surface area contributed by atoms with Gasteiger partial charge < -0.3 is 0 Å². The molecule has 3 fully saturated rings. The van der Waals surface area contributed by atoms with Crippen LogP contribution in [0, 0.1) is 25.2 Å². The summed E-state index contributed by atoms with van der Waals surface area (Å²) >= 11 is 3.86. The van der Waals surface area contributed by atoms with Gasteiger partial charge in [-0.05, 0) is 88.8 Å². The van der Waals surface area contributed by atoms with E-state index < -0.39 is 0 Å². The highest BCUT2D eigenvalue weighted by Gasteiger charge is 2.47. The van der Waals surface area contributed by atoms with E-state index >= 15 is 0 Å². The number of thioether (sulfide) groups is 1. The first-order chi connectivity index (χ1) is 12.6. The lowest BCUT2D eigenvalue weighted by Gasteiger charge is -2.15. The molecule has 2 aromatic rings. The third-order valence-electron chi connectivity index (χ3n) is 6.82. The maximum Gasteiger partial charge on any atom is 0.145 e. The Balaban J connectivity index is 1.39. The van der Waals surface area contributed by atoms with E-state index in [9.17, 15) is 0 Å². The van der Waals surface area contributed by atoms with Crippen LogP contribution < -0.4 is 0 Å². The topological polar surface area (TPSA) is 29.0 Å². The van der Waals surface area contributed by atoms with Gasteiger partial charge in [-0.2, -0.15) is 0 Å². The molecule has 0 bridgehead atoms. The molecule has 1 atom stereocenters. The summed E-state index contributed by atoms with van der Waals surface area (Å²) in [4.78, 5) is 15.1. The Morgan fingerprint density at radius 1 is 1.15 bits per heavy atom. The van der Waals surface area contributed by atoms with E-state index in [0.717, 1.165) is 23.7 Å². The number of likely N-dealkylation sites (tertiary alicyclic amines) is 1. The molecule has 3 aliphatic rings. The van der Waals surface area contributed by atoms with Gasteiger partial charge in [0, 0.05) is 16.0 Å². The molecular formula is C21H29N3S2. The summed E-state index contributed by atoms with van der Waals surface area (Å²) < 4.78 is 0. The van der Waals surface area contributed by atoms with Gasteiger partial charge >= 0.3 is 0 Å². The fraction of sp³-hybridized carbons (Fsp3) is 0.714. The van der Waals surface area contributed by atoms with E-state index in [2.05, 4.69) is 18.7 Å². The number of fused-ring (bicyclic) bond motifs is 1. The normalized spacial score (nSPS) is 24.9. The standard InChI is InChI=1S/C21H29N3S2/c1-14-15(2)26-20-18(14)19(22-17(23-20)12-24-9-3-4-10-24)25-13-16-5-6-21(11-16)7-8-21/h16H,3-13H2,1-2H3. The lowest BCUT2D eigenvalue weighted by Crippen LogP contribution is -2.20. The predicted octanol–water partition coefficient (Wildman–Crippen LogP) is 5.58. The average Bonchev–Trinajstić information content (AvgIpc) is 2.95. The monoisotopic (exact) mass is 387 g/mol. The second kappa shape index (κ2) is 6.75. The highest BCUT2D eigenvalue weighted by atomic mass is 32.2. The quantitative estimate of drug-likeness (QED) is 0.495. The molecule has 2 aromatic heterocycles. The van der Waals surface area contributed by atoms with Crippen molar-refractivity contribution in [3.63, 3.8) is 0 Å². The Morgan fingerprint density at radius 3 is 2.69 bits per heavy atom. The Kier molecular flexibility index (Phi) is 4.53. The number of hydrogen-bond donors (Lipinski definition) is 0. The molecule has 140 valence electrons. The van der Waals surface area contributed by atoms with E-state index in [4.69, 9.17) is 9.97 Å². The lowest BCUT2D eigenvalue weighted by atomic mass is 10.0. The number of thiophene rings is 1. The molecule has 1 saturated heterocycles. The van der Waals surface area contributed by atoms with Crippen LogP contribution >= 0.6 is 23.1 Å². The smallest absolute Gasteiger partial charge is 0.145 e. The average molecular weight is 388 g/mol. The molecule has 0 N–H and O–H groups in total. The highest BCUT2D eigenvalue weighted by Crippen LogP contribution is 2.60. The Hall–Kier alpha value is -0.650. The molecule has 3 heterocycles. The van der Waals surface area contributed by atoms with E-state index in [0.29, 0.717) is 0 Å². The summed E-state index contributed by atoms with van der Waals surface area (Å²) in [6.07, 6.45) is 10.0. The summed E-state index contributed by atoms with van der Waals surface area (Å²) in [5.41, 5.74) is 2.17. The minimum atomic E-state index is 0.780. The summed E-state index contributed by atoms with van der Waals surface area (Å²) in [5.74, 6) is 3.17. The van der Waals surface area contributed by atoms with Crippen molar-refractivity contribution in [1.82, 2.24) is 14.9 Å². The number of aryl methyl sites for hydroxylation is 2. The van der Waals surface area contributed by atoms with E-state index in [-0.39, 0.29) is 0 Å². The van der Waals surface area contributed by atoms with Crippen LogP contribution in [0.1, 0.15) is 61.2 Å². The molecule has 2 aliphatic carbocycles. The number of hydrogen-bond acceptors (Lipinski definition) is 5. The molecule has 1 unspecified atom stereocenters. The number of rotatable bonds is 5. The SMILES string of the molecule is Cc1sc2nc(CN3CCCC3)nc(SCC3CCC4(CC4)C3)c2c1C. The van der Waals surface area contributed by atoms with E-state index in [1.54, 1.807) is 0 Å². The van der Waals surface area contributed by atoms with Gasteiger partial charge in [0.15, 0.2) is 0 Å². The third kappa shape index (κ3) is 3.31. The van der Waals surface area contributed by atoms with Gasteiger partial charge in [-0.3, -0.25) is 4.90 Å². The van der Waals surface area contributed by atoms with Crippen LogP contribution in [0.5, 0.6) is 0 Å². The Labute approximate surface area is 165 Å². The van der Waals surface area contributed by atoms with Crippen molar-refractivity contribution in [2.24, 2.45) is 11.3 Å². The fourth-order valence-corrected chi connectivity index (χ4v) is 7.22. The molecule has 5 rings (SSSR count). The lowest BCUT2D eigenvalue weighted by molar-refractivity contribution is 0.322. The van der Waals surface area contributed by atoms with Gasteiger partial charge in [0.1, 0.15) is 15.7 Å². The van der Waals surface area contributed by atoms with Gasteiger partial charge in [-0.15, -0.1) is 23.1 Å². The van der Waals surface area contributed by atoms with Gasteiger partial charge in [0.05, 0.1) is 6.54 Å². The first kappa shape index (κ1) is 17.4. The Bertz CT molecular complexity index is 818. The molecule has 0 amide bonds. The van der Waals surface area contributed by atoms with Crippen LogP contribution in [-0.2, 0) is 6.54 Å². The molecule has 26 heavy (non-hydrogen) atoms. The van der Waals surface area contributed by atoms with Gasteiger partial charge in [0.2, 0.25) is 0 Å². The highest BCUT2D eigenvalue weighted by molar-refractivity contribution is 7.99. The second-order valence-corrected chi connectivity index (χ2v) is 11.0. The van der Waals surface area contributed by atoms with Crippen molar-refractivity contribution >= 4 is 33.3 Å². The minimum Gasteiger partial charge on any atom is -0.296 e. The van der Waals surface area contributed by atoms with Crippen LogP contribution in [-0.4, -0.2) is 33.7 Å².